The first-order chi connectivity index (χ1) is 7.49. The van der Waals surface area contributed by atoms with Crippen LogP contribution in [0.15, 0.2) is 0 Å². The van der Waals surface area contributed by atoms with Crippen LogP contribution in [0.2, 0.25) is 0 Å². The summed E-state index contributed by atoms with van der Waals surface area (Å²) in [5.74, 6) is -0.811. The van der Waals surface area contributed by atoms with Crippen molar-refractivity contribution in [2.75, 3.05) is 33.9 Å². The summed E-state index contributed by atoms with van der Waals surface area (Å²) in [5, 5.41) is 12.0. The first-order valence-corrected chi connectivity index (χ1v) is 5.70. The average Bonchev–Trinajstić information content (AvgIpc) is 2.29. The van der Waals surface area contributed by atoms with E-state index in [1.165, 1.54) is 0 Å². The number of nitrogens with one attached hydrogen (secondary N) is 1. The molecule has 1 aliphatic rings. The third kappa shape index (κ3) is 3.17. The van der Waals surface area contributed by atoms with Crippen molar-refractivity contribution in [3.8, 4) is 0 Å². The molecule has 0 aromatic carbocycles. The maximum Gasteiger partial charge on any atom is 0.324 e. The van der Waals surface area contributed by atoms with Gasteiger partial charge in [-0.25, -0.2) is 0 Å². The minimum Gasteiger partial charge on any atom is -0.480 e. The third-order valence-corrected chi connectivity index (χ3v) is 3.40. The van der Waals surface area contributed by atoms with Gasteiger partial charge >= 0.3 is 5.97 Å². The summed E-state index contributed by atoms with van der Waals surface area (Å²) in [6, 6.07) is 0.431. The molecule has 0 aliphatic carbocycles. The standard InChI is InChI=1S/C11H22N2O3/c1-11(12-2,10(14)15)8-13(3)9-4-6-16-7-5-9/h9,12H,4-8H2,1-3H3,(H,14,15). The topological polar surface area (TPSA) is 61.8 Å². The van der Waals surface area contributed by atoms with Crippen molar-refractivity contribution >= 4 is 5.97 Å². The number of aliphatic carboxylic acids is 1. The minimum atomic E-state index is -0.882. The lowest BCUT2D eigenvalue weighted by atomic mass is 9.99. The van der Waals surface area contributed by atoms with Gasteiger partial charge in [0, 0.05) is 25.8 Å². The van der Waals surface area contributed by atoms with Gasteiger partial charge < -0.3 is 20.1 Å². The molecule has 5 heteroatoms. The molecule has 0 amide bonds. The molecule has 0 aromatic heterocycles. The van der Waals surface area contributed by atoms with Crippen LogP contribution in [0.3, 0.4) is 0 Å². The molecule has 0 saturated carbocycles. The number of hydrogen-bond donors (Lipinski definition) is 2. The zero-order chi connectivity index (χ0) is 12.2. The van der Waals surface area contributed by atoms with E-state index in [0.29, 0.717) is 12.6 Å². The third-order valence-electron chi connectivity index (χ3n) is 3.40. The Morgan fingerprint density at radius 2 is 2.12 bits per heavy atom. The zero-order valence-corrected chi connectivity index (χ0v) is 10.3. The Bertz CT molecular complexity index is 241. The Morgan fingerprint density at radius 3 is 2.56 bits per heavy atom. The number of carboxylic acids is 1. The van der Waals surface area contributed by atoms with Crippen molar-refractivity contribution in [3.05, 3.63) is 0 Å². The van der Waals surface area contributed by atoms with Crippen LogP contribution in [0.25, 0.3) is 0 Å². The van der Waals surface area contributed by atoms with Gasteiger partial charge in [-0.3, -0.25) is 4.79 Å². The van der Waals surface area contributed by atoms with E-state index in [4.69, 9.17) is 9.84 Å². The Morgan fingerprint density at radius 1 is 1.56 bits per heavy atom. The second-order valence-corrected chi connectivity index (χ2v) is 4.65. The van der Waals surface area contributed by atoms with Crippen molar-refractivity contribution in [1.82, 2.24) is 10.2 Å². The van der Waals surface area contributed by atoms with Gasteiger partial charge in [0.1, 0.15) is 5.54 Å². The first kappa shape index (κ1) is 13.4. The first-order valence-electron chi connectivity index (χ1n) is 5.70. The second kappa shape index (κ2) is 5.61. The summed E-state index contributed by atoms with van der Waals surface area (Å²) in [4.78, 5) is 13.3. The van der Waals surface area contributed by atoms with Crippen molar-refractivity contribution in [3.63, 3.8) is 0 Å². The zero-order valence-electron chi connectivity index (χ0n) is 10.3. The van der Waals surface area contributed by atoms with Gasteiger partial charge in [0.05, 0.1) is 0 Å². The van der Waals surface area contributed by atoms with Gasteiger partial charge in [-0.1, -0.05) is 0 Å². The quantitative estimate of drug-likeness (QED) is 0.704. The Hall–Kier alpha value is -0.650. The van der Waals surface area contributed by atoms with Crippen LogP contribution in [0, 0.1) is 0 Å². The van der Waals surface area contributed by atoms with Crippen LogP contribution >= 0.6 is 0 Å². The molecule has 1 unspecified atom stereocenters. The molecule has 2 N–H and O–H groups in total. The Labute approximate surface area is 96.8 Å². The minimum absolute atomic E-state index is 0.431. The molecule has 1 saturated heterocycles. The number of hydrogen-bond acceptors (Lipinski definition) is 4. The van der Waals surface area contributed by atoms with E-state index in [1.807, 2.05) is 7.05 Å². The average molecular weight is 230 g/mol. The molecule has 0 spiro atoms. The highest BCUT2D eigenvalue weighted by Crippen LogP contribution is 2.15. The van der Waals surface area contributed by atoms with E-state index in [2.05, 4.69) is 10.2 Å². The summed E-state index contributed by atoms with van der Waals surface area (Å²) in [7, 11) is 3.67. The van der Waals surface area contributed by atoms with Gasteiger partial charge in [-0.05, 0) is 33.9 Å². The number of rotatable bonds is 5. The number of ether oxygens (including phenoxy) is 1. The summed E-state index contributed by atoms with van der Waals surface area (Å²) in [6.07, 6.45) is 1.96. The Kier molecular flexibility index (Phi) is 4.70. The molecule has 1 atom stereocenters. The molecule has 1 aliphatic heterocycles. The van der Waals surface area contributed by atoms with Crippen LogP contribution in [0.4, 0.5) is 0 Å². The molecule has 5 nitrogen and oxygen atoms in total. The molecule has 16 heavy (non-hydrogen) atoms. The molecule has 1 rings (SSSR count). The lowest BCUT2D eigenvalue weighted by molar-refractivity contribution is -0.145. The van der Waals surface area contributed by atoms with Crippen molar-refractivity contribution in [1.29, 1.82) is 0 Å². The fraction of sp³-hybridized carbons (Fsp3) is 0.909. The van der Waals surface area contributed by atoms with E-state index >= 15 is 0 Å². The number of carboxylic acid groups (broad SMARTS) is 1. The van der Waals surface area contributed by atoms with Crippen molar-refractivity contribution in [2.24, 2.45) is 0 Å². The molecular formula is C11H22N2O3. The summed E-state index contributed by atoms with van der Waals surface area (Å²) in [5.41, 5.74) is -0.882. The number of nitrogens with zero attached hydrogens (tertiary/aromatic N) is 1. The summed E-state index contributed by atoms with van der Waals surface area (Å²) < 4.78 is 5.30. The maximum absolute atomic E-state index is 11.2. The van der Waals surface area contributed by atoms with E-state index in [1.54, 1.807) is 14.0 Å². The predicted molar refractivity (Wildman–Crippen MR) is 61.6 cm³/mol. The van der Waals surface area contributed by atoms with Crippen LogP contribution in [0.5, 0.6) is 0 Å². The second-order valence-electron chi connectivity index (χ2n) is 4.65. The molecule has 94 valence electrons. The smallest absolute Gasteiger partial charge is 0.324 e. The number of carbonyl (C=O) groups is 1. The van der Waals surface area contributed by atoms with Gasteiger partial charge in [-0.15, -0.1) is 0 Å². The van der Waals surface area contributed by atoms with Gasteiger partial charge in [-0.2, -0.15) is 0 Å². The lowest BCUT2D eigenvalue weighted by Gasteiger charge is -2.36. The van der Waals surface area contributed by atoms with E-state index in [0.717, 1.165) is 26.1 Å². The fourth-order valence-corrected chi connectivity index (χ4v) is 2.01. The molecule has 1 heterocycles. The highest BCUT2D eigenvalue weighted by molar-refractivity contribution is 5.78. The van der Waals surface area contributed by atoms with Gasteiger partial charge in [0.25, 0.3) is 0 Å². The van der Waals surface area contributed by atoms with E-state index in [-0.39, 0.29) is 0 Å². The van der Waals surface area contributed by atoms with Crippen LogP contribution in [-0.4, -0.2) is 61.4 Å². The number of likely N-dealkylation sites (N-methyl/N-ethyl adjacent to an activating group) is 2. The normalized spacial score (nSPS) is 22.0. The van der Waals surface area contributed by atoms with Gasteiger partial charge in [0.2, 0.25) is 0 Å². The fourth-order valence-electron chi connectivity index (χ4n) is 2.01. The molecule has 0 radical (unpaired) electrons. The lowest BCUT2D eigenvalue weighted by Crippen LogP contribution is -2.56. The largest absolute Gasteiger partial charge is 0.480 e. The molecule has 1 fully saturated rings. The van der Waals surface area contributed by atoms with Gasteiger partial charge in [0.15, 0.2) is 0 Å². The van der Waals surface area contributed by atoms with Crippen LogP contribution in [0.1, 0.15) is 19.8 Å². The summed E-state index contributed by atoms with van der Waals surface area (Å²) >= 11 is 0. The van der Waals surface area contributed by atoms with Crippen molar-refractivity contribution in [2.45, 2.75) is 31.3 Å². The molecule has 0 bridgehead atoms. The van der Waals surface area contributed by atoms with Crippen LogP contribution in [-0.2, 0) is 9.53 Å². The van der Waals surface area contributed by atoms with E-state index < -0.39 is 11.5 Å². The van der Waals surface area contributed by atoms with E-state index in [9.17, 15) is 4.79 Å². The predicted octanol–water partition coefficient (Wildman–Crippen LogP) is 0.160. The summed E-state index contributed by atoms with van der Waals surface area (Å²) in [6.45, 7) is 3.77. The Balaban J connectivity index is 2.53. The monoisotopic (exact) mass is 230 g/mol. The molecule has 0 aromatic rings. The maximum atomic E-state index is 11.2. The highest BCUT2D eigenvalue weighted by atomic mass is 16.5. The van der Waals surface area contributed by atoms with Crippen molar-refractivity contribution < 1.29 is 14.6 Å². The highest BCUT2D eigenvalue weighted by Gasteiger charge is 2.34. The van der Waals surface area contributed by atoms with Crippen LogP contribution < -0.4 is 5.32 Å². The SMILES string of the molecule is CNC(C)(CN(C)C1CCOCC1)C(=O)O. The molecular weight excluding hydrogens is 208 g/mol.